The summed E-state index contributed by atoms with van der Waals surface area (Å²) >= 11 is 0. The summed E-state index contributed by atoms with van der Waals surface area (Å²) in [6.45, 7) is 0. The van der Waals surface area contributed by atoms with Crippen molar-refractivity contribution in [1.82, 2.24) is 5.32 Å². The summed E-state index contributed by atoms with van der Waals surface area (Å²) in [5.41, 5.74) is -1.59. The highest BCUT2D eigenvalue weighted by Gasteiger charge is 2.36. The second kappa shape index (κ2) is 8.87. The van der Waals surface area contributed by atoms with E-state index in [4.69, 9.17) is 4.74 Å². The van der Waals surface area contributed by atoms with Crippen molar-refractivity contribution >= 4 is 11.9 Å². The van der Waals surface area contributed by atoms with Crippen LogP contribution in [0.15, 0.2) is 54.6 Å². The second-order valence-corrected chi connectivity index (χ2v) is 7.08. The van der Waals surface area contributed by atoms with E-state index in [2.05, 4.69) is 5.32 Å². The molecule has 1 N–H and O–H groups in total. The van der Waals surface area contributed by atoms with E-state index >= 15 is 0 Å². The van der Waals surface area contributed by atoms with Crippen LogP contribution in [0.3, 0.4) is 0 Å². The maximum absolute atomic E-state index is 14.3. The number of allylic oxidation sites excluding steroid dienone is 1. The Hall–Kier alpha value is -3.23. The highest BCUT2D eigenvalue weighted by molar-refractivity contribution is 5.94. The molecule has 9 heteroatoms. The number of amides is 1. The third-order valence-electron chi connectivity index (χ3n) is 5.09. The fourth-order valence-corrected chi connectivity index (χ4v) is 3.61. The molecule has 1 amide bonds. The van der Waals surface area contributed by atoms with Crippen molar-refractivity contribution in [2.24, 2.45) is 5.92 Å². The fraction of sp³-hybridized carbons (Fsp3) is 0.273. The van der Waals surface area contributed by atoms with Gasteiger partial charge in [0.2, 0.25) is 0 Å². The Morgan fingerprint density at radius 1 is 1.06 bits per heavy atom. The molecule has 31 heavy (non-hydrogen) atoms. The van der Waals surface area contributed by atoms with Gasteiger partial charge in [0.15, 0.2) is 0 Å². The lowest BCUT2D eigenvalue weighted by molar-refractivity contribution is -0.143. The first kappa shape index (κ1) is 22.5. The van der Waals surface area contributed by atoms with Crippen molar-refractivity contribution in [3.05, 3.63) is 82.9 Å². The summed E-state index contributed by atoms with van der Waals surface area (Å²) in [6.07, 6.45) is -1.40. The number of alkyl halides is 3. The standard InChI is InChI=1S/C22H18F5NO3/c1-31-21(30)19(15-4-2-3-5-17(15)23)12-6-8-14(10-12)28-20(29)13-7-9-16(18(24)11-13)22(25,26)27/h2-9,11-12,14,19H,10H2,1H3,(H,28,29). The molecule has 0 fully saturated rings. The van der Waals surface area contributed by atoms with Gasteiger partial charge < -0.3 is 10.1 Å². The van der Waals surface area contributed by atoms with E-state index in [1.165, 1.54) is 25.3 Å². The maximum atomic E-state index is 14.3. The van der Waals surface area contributed by atoms with Gasteiger partial charge >= 0.3 is 12.1 Å². The molecule has 0 spiro atoms. The third-order valence-corrected chi connectivity index (χ3v) is 5.09. The first-order valence-corrected chi connectivity index (χ1v) is 9.30. The van der Waals surface area contributed by atoms with Crippen molar-refractivity contribution in [3.63, 3.8) is 0 Å². The minimum absolute atomic E-state index is 0.154. The van der Waals surface area contributed by atoms with Crippen LogP contribution in [0.2, 0.25) is 0 Å². The molecule has 0 aromatic heterocycles. The van der Waals surface area contributed by atoms with E-state index in [0.717, 1.165) is 6.07 Å². The number of esters is 1. The van der Waals surface area contributed by atoms with Gasteiger partial charge in [-0.2, -0.15) is 13.2 Å². The van der Waals surface area contributed by atoms with Crippen LogP contribution in [-0.2, 0) is 15.7 Å². The molecule has 0 saturated carbocycles. The van der Waals surface area contributed by atoms with E-state index < -0.39 is 53.1 Å². The molecule has 3 rings (SSSR count). The molecular weight excluding hydrogens is 421 g/mol. The van der Waals surface area contributed by atoms with Gasteiger partial charge in [0, 0.05) is 17.2 Å². The summed E-state index contributed by atoms with van der Waals surface area (Å²) < 4.78 is 70.8. The predicted molar refractivity (Wildman–Crippen MR) is 101 cm³/mol. The molecule has 1 aliphatic carbocycles. The average Bonchev–Trinajstić information content (AvgIpc) is 3.16. The van der Waals surface area contributed by atoms with Crippen LogP contribution in [-0.4, -0.2) is 25.0 Å². The Morgan fingerprint density at radius 2 is 1.77 bits per heavy atom. The maximum Gasteiger partial charge on any atom is 0.419 e. The van der Waals surface area contributed by atoms with Crippen LogP contribution in [0.5, 0.6) is 0 Å². The minimum atomic E-state index is -4.86. The van der Waals surface area contributed by atoms with Gasteiger partial charge in [0.25, 0.3) is 5.91 Å². The topological polar surface area (TPSA) is 55.4 Å². The molecule has 0 bridgehead atoms. The quantitative estimate of drug-likeness (QED) is 0.421. The number of methoxy groups -OCH3 is 1. The minimum Gasteiger partial charge on any atom is -0.469 e. The Balaban J connectivity index is 1.73. The third kappa shape index (κ3) is 4.92. The average molecular weight is 439 g/mol. The molecule has 0 heterocycles. The van der Waals surface area contributed by atoms with Crippen LogP contribution in [0, 0.1) is 17.6 Å². The number of rotatable bonds is 5. The molecule has 1 aliphatic rings. The highest BCUT2D eigenvalue weighted by Crippen LogP contribution is 2.36. The predicted octanol–water partition coefficient (Wildman–Crippen LogP) is 4.61. The van der Waals surface area contributed by atoms with Gasteiger partial charge in [-0.05, 0) is 36.6 Å². The molecule has 0 saturated heterocycles. The van der Waals surface area contributed by atoms with Crippen LogP contribution < -0.4 is 5.32 Å². The van der Waals surface area contributed by atoms with E-state index in [1.807, 2.05) is 0 Å². The van der Waals surface area contributed by atoms with Gasteiger partial charge in [-0.15, -0.1) is 0 Å². The van der Waals surface area contributed by atoms with Gasteiger partial charge in [-0.1, -0.05) is 30.4 Å². The smallest absolute Gasteiger partial charge is 0.419 e. The molecule has 0 radical (unpaired) electrons. The molecule has 3 unspecified atom stereocenters. The fourth-order valence-electron chi connectivity index (χ4n) is 3.61. The SMILES string of the molecule is COC(=O)C(c1ccccc1F)C1C=CC(NC(=O)c2ccc(C(F)(F)F)c(F)c2)C1. The number of nitrogens with one attached hydrogen (secondary N) is 1. The zero-order chi connectivity index (χ0) is 22.8. The van der Waals surface area contributed by atoms with Gasteiger partial charge in [0.05, 0.1) is 18.6 Å². The summed E-state index contributed by atoms with van der Waals surface area (Å²) in [5, 5.41) is 2.57. The van der Waals surface area contributed by atoms with Crippen molar-refractivity contribution in [2.75, 3.05) is 7.11 Å². The van der Waals surface area contributed by atoms with Gasteiger partial charge in [-0.3, -0.25) is 9.59 Å². The number of benzene rings is 2. The molecule has 2 aromatic rings. The molecule has 0 aliphatic heterocycles. The van der Waals surface area contributed by atoms with Crippen LogP contribution in [0.1, 0.15) is 33.8 Å². The number of halogens is 5. The van der Waals surface area contributed by atoms with Crippen molar-refractivity contribution in [2.45, 2.75) is 24.6 Å². The van der Waals surface area contributed by atoms with Crippen LogP contribution in [0.4, 0.5) is 22.0 Å². The molecule has 3 atom stereocenters. The zero-order valence-electron chi connectivity index (χ0n) is 16.2. The lowest BCUT2D eigenvalue weighted by Crippen LogP contribution is -2.34. The van der Waals surface area contributed by atoms with Gasteiger partial charge in [-0.25, -0.2) is 8.78 Å². The second-order valence-electron chi connectivity index (χ2n) is 7.08. The van der Waals surface area contributed by atoms with E-state index in [1.54, 1.807) is 18.2 Å². The normalized spacial score (nSPS) is 19.2. The summed E-state index contributed by atoms with van der Waals surface area (Å²) in [6, 6.07) is 7.10. The Bertz CT molecular complexity index is 1020. The molecule has 4 nitrogen and oxygen atoms in total. The Labute approximate surface area is 174 Å². The Morgan fingerprint density at radius 3 is 2.39 bits per heavy atom. The summed E-state index contributed by atoms with van der Waals surface area (Å²) in [7, 11) is 1.19. The van der Waals surface area contributed by atoms with Crippen molar-refractivity contribution < 1.29 is 36.3 Å². The number of hydrogen-bond donors (Lipinski definition) is 1. The van der Waals surface area contributed by atoms with Crippen molar-refractivity contribution in [3.8, 4) is 0 Å². The van der Waals surface area contributed by atoms with Crippen LogP contribution >= 0.6 is 0 Å². The first-order valence-electron chi connectivity index (χ1n) is 9.30. The largest absolute Gasteiger partial charge is 0.469 e. The lowest BCUT2D eigenvalue weighted by Gasteiger charge is -2.22. The van der Waals surface area contributed by atoms with E-state index in [0.29, 0.717) is 12.1 Å². The molecule has 2 aromatic carbocycles. The summed E-state index contributed by atoms with van der Waals surface area (Å²) in [4.78, 5) is 24.7. The monoisotopic (exact) mass is 439 g/mol. The van der Waals surface area contributed by atoms with Crippen LogP contribution in [0.25, 0.3) is 0 Å². The summed E-state index contributed by atoms with van der Waals surface area (Å²) in [5.74, 6) is -4.96. The number of hydrogen-bond acceptors (Lipinski definition) is 3. The highest BCUT2D eigenvalue weighted by atomic mass is 19.4. The van der Waals surface area contributed by atoms with Crippen molar-refractivity contribution in [1.29, 1.82) is 0 Å². The number of carbonyl (C=O) groups is 2. The number of carbonyl (C=O) groups excluding carboxylic acids is 2. The molecular formula is C22H18F5NO3. The number of ether oxygens (including phenoxy) is 1. The Kier molecular flexibility index (Phi) is 6.42. The lowest BCUT2D eigenvalue weighted by atomic mass is 9.85. The first-order chi connectivity index (χ1) is 14.6. The molecule has 164 valence electrons. The van der Waals surface area contributed by atoms with Gasteiger partial charge in [0.1, 0.15) is 11.6 Å². The van der Waals surface area contributed by atoms with E-state index in [9.17, 15) is 31.5 Å². The van der Waals surface area contributed by atoms with E-state index in [-0.39, 0.29) is 17.5 Å². The zero-order valence-corrected chi connectivity index (χ0v) is 16.2.